The number of aromatic nitrogens is 2. The highest BCUT2D eigenvalue weighted by Gasteiger charge is 2.29. The van der Waals surface area contributed by atoms with Gasteiger partial charge in [0.25, 0.3) is 5.91 Å². The predicted molar refractivity (Wildman–Crippen MR) is 126 cm³/mol. The van der Waals surface area contributed by atoms with Crippen molar-refractivity contribution in [3.05, 3.63) is 63.5 Å². The van der Waals surface area contributed by atoms with Crippen LogP contribution in [-0.2, 0) is 13.0 Å². The molecule has 1 saturated heterocycles. The van der Waals surface area contributed by atoms with E-state index in [4.69, 9.17) is 14.7 Å². The number of ether oxygens (including phenoxy) is 1. The summed E-state index contributed by atoms with van der Waals surface area (Å²) in [5, 5.41) is 1.93. The van der Waals surface area contributed by atoms with E-state index in [0.717, 1.165) is 59.6 Å². The molecular weight excluding hydrogens is 422 g/mol. The third kappa shape index (κ3) is 4.33. The molecule has 0 aliphatic carbocycles. The Kier molecular flexibility index (Phi) is 5.80. The van der Waals surface area contributed by atoms with Crippen molar-refractivity contribution in [3.63, 3.8) is 0 Å². The van der Waals surface area contributed by atoms with E-state index < -0.39 is 0 Å². The Labute approximate surface area is 192 Å². The Morgan fingerprint density at radius 1 is 1.06 bits per heavy atom. The van der Waals surface area contributed by atoms with E-state index in [1.807, 2.05) is 53.6 Å². The molecule has 1 amide bonds. The lowest BCUT2D eigenvalue weighted by molar-refractivity contribution is 0.0737. The van der Waals surface area contributed by atoms with Crippen LogP contribution >= 0.6 is 11.3 Å². The van der Waals surface area contributed by atoms with Gasteiger partial charge in [0.15, 0.2) is 0 Å². The molecule has 0 bridgehead atoms. The van der Waals surface area contributed by atoms with Gasteiger partial charge in [0.1, 0.15) is 5.75 Å². The Hall–Kier alpha value is -2.97. The number of hydrogen-bond donors (Lipinski definition) is 0. The monoisotopic (exact) mass is 449 g/mol. The van der Waals surface area contributed by atoms with Crippen molar-refractivity contribution in [2.75, 3.05) is 44.7 Å². The zero-order chi connectivity index (χ0) is 22.1. The van der Waals surface area contributed by atoms with Gasteiger partial charge in [-0.15, -0.1) is 11.3 Å². The van der Waals surface area contributed by atoms with E-state index >= 15 is 0 Å². The number of anilines is 1. The smallest absolute Gasteiger partial charge is 0.264 e. The quantitative estimate of drug-likeness (QED) is 0.607. The number of fused-ring (bicyclic) bond motifs is 1. The Morgan fingerprint density at radius 3 is 2.66 bits per heavy atom. The minimum atomic E-state index is 0.0512. The van der Waals surface area contributed by atoms with Crippen LogP contribution < -0.4 is 9.64 Å². The summed E-state index contributed by atoms with van der Waals surface area (Å²) in [6.07, 6.45) is 0.694. The molecule has 32 heavy (non-hydrogen) atoms. The van der Waals surface area contributed by atoms with E-state index in [1.54, 1.807) is 0 Å². The lowest BCUT2D eigenvalue weighted by Gasteiger charge is -2.34. The van der Waals surface area contributed by atoms with Gasteiger partial charge in [0, 0.05) is 39.1 Å². The average Bonchev–Trinajstić information content (AvgIpc) is 3.34. The first kappa shape index (κ1) is 20.9. The van der Waals surface area contributed by atoms with Crippen molar-refractivity contribution < 1.29 is 9.53 Å². The number of carbonyl (C=O) groups excluding carboxylic acids is 1. The van der Waals surface area contributed by atoms with Crippen molar-refractivity contribution >= 4 is 23.2 Å². The van der Waals surface area contributed by atoms with Gasteiger partial charge in [-0.05, 0) is 43.1 Å². The molecule has 2 aliphatic heterocycles. The van der Waals surface area contributed by atoms with Crippen LogP contribution in [-0.4, -0.2) is 65.4 Å². The first-order valence-corrected chi connectivity index (χ1v) is 11.9. The maximum absolute atomic E-state index is 13.0. The predicted octanol–water partition coefficient (Wildman–Crippen LogP) is 3.59. The highest BCUT2D eigenvalue weighted by Crippen LogP contribution is 2.32. The average molecular weight is 450 g/mol. The molecular formula is C24H27N5O2S. The zero-order valence-electron chi connectivity index (χ0n) is 18.5. The van der Waals surface area contributed by atoms with E-state index in [9.17, 15) is 4.79 Å². The van der Waals surface area contributed by atoms with Crippen molar-refractivity contribution in [1.29, 1.82) is 0 Å². The van der Waals surface area contributed by atoms with E-state index in [1.165, 1.54) is 11.3 Å². The number of benzene rings is 1. The summed E-state index contributed by atoms with van der Waals surface area (Å²) in [5.74, 6) is 2.07. The molecule has 4 heterocycles. The minimum absolute atomic E-state index is 0.0512. The Bertz CT molecular complexity index is 1110. The zero-order valence-corrected chi connectivity index (χ0v) is 19.3. The summed E-state index contributed by atoms with van der Waals surface area (Å²) in [5.41, 5.74) is 3.01. The van der Waals surface area contributed by atoms with Crippen LogP contribution in [0.15, 0.2) is 41.8 Å². The number of carbonyl (C=O) groups is 1. The highest BCUT2D eigenvalue weighted by atomic mass is 32.1. The summed E-state index contributed by atoms with van der Waals surface area (Å²) < 4.78 is 6.31. The molecule has 7 nitrogen and oxygen atoms in total. The van der Waals surface area contributed by atoms with Gasteiger partial charge in [-0.2, -0.15) is 4.98 Å². The molecule has 0 radical (unpaired) electrons. The largest absolute Gasteiger partial charge is 0.438 e. The molecule has 2 aromatic heterocycles. The van der Waals surface area contributed by atoms with Gasteiger partial charge in [-0.25, -0.2) is 4.98 Å². The van der Waals surface area contributed by atoms with Crippen LogP contribution in [0.4, 0.5) is 5.95 Å². The lowest BCUT2D eigenvalue weighted by Crippen LogP contribution is -2.45. The van der Waals surface area contributed by atoms with Crippen molar-refractivity contribution in [2.45, 2.75) is 19.9 Å². The third-order valence-electron chi connectivity index (χ3n) is 6.02. The summed E-state index contributed by atoms with van der Waals surface area (Å²) >= 11 is 1.47. The molecule has 0 spiro atoms. The van der Waals surface area contributed by atoms with E-state index in [-0.39, 0.29) is 5.91 Å². The highest BCUT2D eigenvalue weighted by molar-refractivity contribution is 7.12. The second-order valence-electron chi connectivity index (χ2n) is 8.42. The summed E-state index contributed by atoms with van der Waals surface area (Å²) in [4.78, 5) is 29.9. The van der Waals surface area contributed by atoms with Gasteiger partial charge in [0.2, 0.25) is 11.8 Å². The number of rotatable bonds is 4. The standard InChI is InChI=1S/C24H27N5O2S/c1-17-5-3-6-18(15-17)31-22-19-16-29(23(30)21-7-4-14-32-21)9-8-20(19)25-24(26-22)28-12-10-27(2)11-13-28/h3-7,14-15H,8-13,16H2,1-2H3. The molecule has 0 atom stereocenters. The number of aryl methyl sites for hydroxylation is 1. The van der Waals surface area contributed by atoms with Gasteiger partial charge >= 0.3 is 0 Å². The summed E-state index contributed by atoms with van der Waals surface area (Å²) in [6.45, 7) is 6.89. The third-order valence-corrected chi connectivity index (χ3v) is 6.88. The minimum Gasteiger partial charge on any atom is -0.438 e. The second kappa shape index (κ2) is 8.88. The Balaban J connectivity index is 1.48. The van der Waals surface area contributed by atoms with Gasteiger partial charge in [-0.1, -0.05) is 18.2 Å². The van der Waals surface area contributed by atoms with Gasteiger partial charge < -0.3 is 19.4 Å². The van der Waals surface area contributed by atoms with Crippen molar-refractivity contribution in [3.8, 4) is 11.6 Å². The lowest BCUT2D eigenvalue weighted by atomic mass is 10.1. The molecule has 0 saturated carbocycles. The van der Waals surface area contributed by atoms with E-state index in [0.29, 0.717) is 25.4 Å². The summed E-state index contributed by atoms with van der Waals surface area (Å²) in [6, 6.07) is 11.7. The van der Waals surface area contributed by atoms with Crippen LogP contribution in [0.25, 0.3) is 0 Å². The molecule has 3 aromatic rings. The number of thiophene rings is 1. The van der Waals surface area contributed by atoms with Crippen molar-refractivity contribution in [2.24, 2.45) is 0 Å². The number of likely N-dealkylation sites (N-methyl/N-ethyl adjacent to an activating group) is 1. The second-order valence-corrected chi connectivity index (χ2v) is 9.36. The molecule has 8 heteroatoms. The number of piperazine rings is 1. The first-order chi connectivity index (χ1) is 15.6. The van der Waals surface area contributed by atoms with E-state index in [2.05, 4.69) is 16.8 Å². The fraction of sp³-hybridized carbons (Fsp3) is 0.375. The molecule has 0 N–H and O–H groups in total. The number of amides is 1. The molecule has 166 valence electrons. The maximum Gasteiger partial charge on any atom is 0.264 e. The topological polar surface area (TPSA) is 61.8 Å². The van der Waals surface area contributed by atoms with Crippen LogP contribution in [0.1, 0.15) is 26.5 Å². The number of nitrogens with zero attached hydrogens (tertiary/aromatic N) is 5. The van der Waals surface area contributed by atoms with Crippen LogP contribution in [0.5, 0.6) is 11.6 Å². The fourth-order valence-electron chi connectivity index (χ4n) is 4.12. The van der Waals surface area contributed by atoms with Crippen molar-refractivity contribution in [1.82, 2.24) is 19.8 Å². The molecule has 0 unspecified atom stereocenters. The molecule has 1 fully saturated rings. The molecule has 1 aromatic carbocycles. The van der Waals surface area contributed by atoms with Gasteiger partial charge in [0.05, 0.1) is 22.7 Å². The fourth-order valence-corrected chi connectivity index (χ4v) is 4.81. The SMILES string of the molecule is Cc1cccc(Oc2nc(N3CCN(C)CC3)nc3c2CN(C(=O)c2cccs2)CC3)c1. The Morgan fingerprint density at radius 2 is 1.91 bits per heavy atom. The van der Waals surface area contributed by atoms with Gasteiger partial charge in [-0.3, -0.25) is 4.79 Å². The van der Waals surface area contributed by atoms with Crippen LogP contribution in [0.2, 0.25) is 0 Å². The molecule has 5 rings (SSSR count). The number of hydrogen-bond acceptors (Lipinski definition) is 7. The molecule has 2 aliphatic rings. The summed E-state index contributed by atoms with van der Waals surface area (Å²) in [7, 11) is 2.14. The van der Waals surface area contributed by atoms with Crippen LogP contribution in [0.3, 0.4) is 0 Å². The normalized spacial score (nSPS) is 16.7. The maximum atomic E-state index is 13.0. The van der Waals surface area contributed by atoms with Crippen LogP contribution in [0, 0.1) is 6.92 Å². The first-order valence-electron chi connectivity index (χ1n) is 11.0.